The van der Waals surface area contributed by atoms with Crippen molar-refractivity contribution < 1.29 is 4.74 Å². The highest BCUT2D eigenvalue weighted by Gasteiger charge is 2.16. The van der Waals surface area contributed by atoms with Crippen LogP contribution >= 0.6 is 0 Å². The first-order chi connectivity index (χ1) is 13.3. The van der Waals surface area contributed by atoms with Crippen LogP contribution in [0.25, 0.3) is 0 Å². The molecule has 0 aliphatic carbocycles. The van der Waals surface area contributed by atoms with E-state index in [2.05, 4.69) is 45.2 Å². The van der Waals surface area contributed by atoms with Gasteiger partial charge in [-0.05, 0) is 54.8 Å². The summed E-state index contributed by atoms with van der Waals surface area (Å²) < 4.78 is 5.21. The van der Waals surface area contributed by atoms with E-state index < -0.39 is 0 Å². The summed E-state index contributed by atoms with van der Waals surface area (Å²) in [6.45, 7) is 6.66. The summed E-state index contributed by atoms with van der Waals surface area (Å²) in [5.41, 5.74) is 3.43. The summed E-state index contributed by atoms with van der Waals surface area (Å²) in [5.74, 6) is 6.47. The third kappa shape index (κ3) is 5.81. The van der Waals surface area contributed by atoms with Gasteiger partial charge in [0, 0.05) is 32.7 Å². The Morgan fingerprint density at radius 3 is 2.26 bits per heavy atom. The highest BCUT2D eigenvalue weighted by atomic mass is 16.5. The van der Waals surface area contributed by atoms with Crippen LogP contribution in [0.5, 0.6) is 5.75 Å². The smallest absolute Gasteiger partial charge is 0.118 e. The molecular weight excluding hydrogens is 336 g/mol. The van der Waals surface area contributed by atoms with Crippen LogP contribution in [-0.2, 0) is 6.54 Å². The number of methoxy groups -OCH3 is 1. The van der Waals surface area contributed by atoms with Gasteiger partial charge in [-0.2, -0.15) is 5.10 Å². The molecule has 0 saturated carbocycles. The molecule has 0 spiro atoms. The Labute approximate surface area is 162 Å². The number of nitrogens with two attached hydrogens (primary N) is 1. The van der Waals surface area contributed by atoms with Crippen molar-refractivity contribution in [3.05, 3.63) is 65.7 Å². The van der Waals surface area contributed by atoms with Crippen LogP contribution in [0.2, 0.25) is 0 Å². The van der Waals surface area contributed by atoms with Crippen molar-refractivity contribution in [3.63, 3.8) is 0 Å². The van der Waals surface area contributed by atoms with Crippen LogP contribution in [0.3, 0.4) is 0 Å². The summed E-state index contributed by atoms with van der Waals surface area (Å²) in [6, 6.07) is 18.7. The van der Waals surface area contributed by atoms with E-state index in [0.29, 0.717) is 0 Å². The van der Waals surface area contributed by atoms with E-state index in [9.17, 15) is 0 Å². The van der Waals surface area contributed by atoms with Crippen LogP contribution < -0.4 is 10.6 Å². The first-order valence-electron chi connectivity index (χ1n) is 9.68. The highest BCUT2D eigenvalue weighted by molar-refractivity contribution is 6.00. The van der Waals surface area contributed by atoms with E-state index in [0.717, 1.165) is 69.1 Å². The number of ether oxygens (including phenoxy) is 1. The van der Waals surface area contributed by atoms with Gasteiger partial charge in [-0.25, -0.2) is 0 Å². The van der Waals surface area contributed by atoms with Crippen LogP contribution in [0.4, 0.5) is 0 Å². The van der Waals surface area contributed by atoms with Crippen molar-refractivity contribution in [1.82, 2.24) is 9.80 Å². The lowest BCUT2D eigenvalue weighted by Gasteiger charge is -2.34. The van der Waals surface area contributed by atoms with Gasteiger partial charge in [-0.15, -0.1) is 0 Å². The number of piperazine rings is 1. The molecule has 2 aromatic rings. The van der Waals surface area contributed by atoms with Gasteiger partial charge in [-0.3, -0.25) is 4.90 Å². The van der Waals surface area contributed by atoms with Crippen molar-refractivity contribution in [2.45, 2.75) is 19.4 Å². The molecule has 1 heterocycles. The Bertz CT molecular complexity index is 707. The molecule has 0 amide bonds. The van der Waals surface area contributed by atoms with Crippen molar-refractivity contribution in [2.75, 3.05) is 39.8 Å². The lowest BCUT2D eigenvalue weighted by molar-refractivity contribution is 0.126. The van der Waals surface area contributed by atoms with Gasteiger partial charge in [-0.1, -0.05) is 30.3 Å². The Kier molecular flexibility index (Phi) is 7.25. The van der Waals surface area contributed by atoms with E-state index in [1.165, 1.54) is 5.56 Å². The molecule has 0 unspecified atom stereocenters. The predicted octanol–water partition coefficient (Wildman–Crippen LogP) is 2.96. The Balaban J connectivity index is 1.39. The van der Waals surface area contributed by atoms with Crippen molar-refractivity contribution >= 4 is 5.71 Å². The topological polar surface area (TPSA) is 54.1 Å². The first-order valence-corrected chi connectivity index (χ1v) is 9.68. The van der Waals surface area contributed by atoms with Crippen LogP contribution in [0, 0.1) is 0 Å². The van der Waals surface area contributed by atoms with E-state index in [-0.39, 0.29) is 0 Å². The van der Waals surface area contributed by atoms with Crippen molar-refractivity contribution in [1.29, 1.82) is 0 Å². The molecule has 0 bridgehead atoms. The second kappa shape index (κ2) is 10.1. The molecule has 2 N–H and O–H groups in total. The number of rotatable bonds is 8. The summed E-state index contributed by atoms with van der Waals surface area (Å²) in [6.07, 6.45) is 1.97. The van der Waals surface area contributed by atoms with E-state index in [1.807, 2.05) is 24.3 Å². The van der Waals surface area contributed by atoms with Gasteiger partial charge >= 0.3 is 0 Å². The fraction of sp³-hybridized carbons (Fsp3) is 0.409. The summed E-state index contributed by atoms with van der Waals surface area (Å²) in [5, 5.41) is 4.00. The maximum absolute atomic E-state index is 5.62. The molecule has 3 rings (SSSR count). The zero-order valence-corrected chi connectivity index (χ0v) is 16.2. The van der Waals surface area contributed by atoms with Gasteiger partial charge in [0.15, 0.2) is 0 Å². The normalized spacial score (nSPS) is 16.4. The number of hydrogen-bond donors (Lipinski definition) is 1. The molecule has 27 heavy (non-hydrogen) atoms. The van der Waals surface area contributed by atoms with E-state index in [4.69, 9.17) is 10.6 Å². The fourth-order valence-corrected chi connectivity index (χ4v) is 3.55. The number of benzene rings is 2. The second-order valence-electron chi connectivity index (χ2n) is 7.01. The lowest BCUT2D eigenvalue weighted by Crippen LogP contribution is -2.46. The highest BCUT2D eigenvalue weighted by Crippen LogP contribution is 2.14. The fourth-order valence-electron chi connectivity index (χ4n) is 3.55. The molecule has 0 radical (unpaired) electrons. The van der Waals surface area contributed by atoms with Crippen LogP contribution in [0.15, 0.2) is 59.7 Å². The summed E-state index contributed by atoms with van der Waals surface area (Å²) in [7, 11) is 1.67. The van der Waals surface area contributed by atoms with Gasteiger partial charge in [0.2, 0.25) is 0 Å². The minimum absolute atomic E-state index is 0.850. The Morgan fingerprint density at radius 1 is 0.963 bits per heavy atom. The van der Waals surface area contributed by atoms with Crippen molar-refractivity contribution in [3.8, 4) is 5.75 Å². The zero-order valence-electron chi connectivity index (χ0n) is 16.2. The Hall–Kier alpha value is -2.37. The van der Waals surface area contributed by atoms with Crippen LogP contribution in [-0.4, -0.2) is 55.3 Å². The first kappa shape index (κ1) is 19.4. The van der Waals surface area contributed by atoms with E-state index in [1.54, 1.807) is 7.11 Å². The van der Waals surface area contributed by atoms with Gasteiger partial charge < -0.3 is 15.5 Å². The quantitative estimate of drug-likeness (QED) is 0.443. The molecule has 2 aromatic carbocycles. The molecule has 144 valence electrons. The second-order valence-corrected chi connectivity index (χ2v) is 7.01. The standard InChI is InChI=1S/C22H30N4O/c1-27-21-11-9-20(10-12-21)22(24-23)8-5-13-25-14-16-26(17-15-25)18-19-6-3-2-4-7-19/h2-4,6-7,9-12H,5,8,13-18,23H2,1H3. The van der Waals surface area contributed by atoms with Gasteiger partial charge in [0.25, 0.3) is 0 Å². The number of hydrazone groups is 1. The third-order valence-electron chi connectivity index (χ3n) is 5.18. The molecule has 1 fully saturated rings. The maximum atomic E-state index is 5.62. The molecular formula is C22H30N4O. The summed E-state index contributed by atoms with van der Waals surface area (Å²) >= 11 is 0. The number of hydrogen-bond acceptors (Lipinski definition) is 5. The average Bonchev–Trinajstić information content (AvgIpc) is 2.73. The maximum Gasteiger partial charge on any atom is 0.118 e. The van der Waals surface area contributed by atoms with Crippen molar-refractivity contribution in [2.24, 2.45) is 10.9 Å². The molecule has 1 aliphatic heterocycles. The molecule has 0 atom stereocenters. The minimum Gasteiger partial charge on any atom is -0.497 e. The zero-order chi connectivity index (χ0) is 18.9. The molecule has 0 aromatic heterocycles. The Morgan fingerprint density at radius 2 is 1.63 bits per heavy atom. The SMILES string of the molecule is COc1ccc(C(CCCN2CCN(Cc3ccccc3)CC2)=NN)cc1. The number of nitrogens with zero attached hydrogens (tertiary/aromatic N) is 3. The lowest BCUT2D eigenvalue weighted by atomic mass is 10.1. The van der Waals surface area contributed by atoms with Gasteiger partial charge in [0.1, 0.15) is 5.75 Å². The monoisotopic (exact) mass is 366 g/mol. The predicted molar refractivity (Wildman–Crippen MR) is 111 cm³/mol. The summed E-state index contributed by atoms with van der Waals surface area (Å²) in [4.78, 5) is 5.08. The molecule has 1 aliphatic rings. The minimum atomic E-state index is 0.850. The largest absolute Gasteiger partial charge is 0.497 e. The molecule has 1 saturated heterocycles. The molecule has 5 nitrogen and oxygen atoms in total. The third-order valence-corrected chi connectivity index (χ3v) is 5.18. The van der Waals surface area contributed by atoms with Gasteiger partial charge in [0.05, 0.1) is 12.8 Å². The van der Waals surface area contributed by atoms with E-state index >= 15 is 0 Å². The molecule has 5 heteroatoms. The average molecular weight is 367 g/mol. The van der Waals surface area contributed by atoms with Crippen LogP contribution in [0.1, 0.15) is 24.0 Å².